The standard InChI is InChI=1S/C15H18N8O3/c1-4-22-10(2)11(5-18-22)8-21-9-12(6-17-21)19-15(24)14-13(23(25)26)7-16-20(14)3/h5-7,9H,4,8H2,1-3H3,(H,19,24). The zero-order valence-electron chi connectivity index (χ0n) is 14.6. The summed E-state index contributed by atoms with van der Waals surface area (Å²) in [5.41, 5.74) is 2.04. The Hall–Kier alpha value is -3.50. The van der Waals surface area contributed by atoms with Gasteiger partial charge in [0.2, 0.25) is 5.69 Å². The molecular weight excluding hydrogens is 340 g/mol. The highest BCUT2D eigenvalue weighted by Crippen LogP contribution is 2.19. The minimum Gasteiger partial charge on any atom is -0.318 e. The van der Waals surface area contributed by atoms with E-state index in [1.807, 2.05) is 18.5 Å². The molecule has 26 heavy (non-hydrogen) atoms. The minimum absolute atomic E-state index is 0.122. The highest BCUT2D eigenvalue weighted by Gasteiger charge is 2.25. The predicted octanol–water partition coefficient (Wildman–Crippen LogP) is 1.35. The lowest BCUT2D eigenvalue weighted by atomic mass is 10.2. The van der Waals surface area contributed by atoms with Crippen molar-refractivity contribution in [2.45, 2.75) is 26.9 Å². The van der Waals surface area contributed by atoms with Crippen molar-refractivity contribution in [3.8, 4) is 0 Å². The van der Waals surface area contributed by atoms with Gasteiger partial charge in [-0.1, -0.05) is 0 Å². The van der Waals surface area contributed by atoms with Crippen LogP contribution < -0.4 is 5.32 Å². The van der Waals surface area contributed by atoms with E-state index in [0.717, 1.165) is 24.0 Å². The van der Waals surface area contributed by atoms with Crippen molar-refractivity contribution < 1.29 is 9.72 Å². The van der Waals surface area contributed by atoms with Gasteiger partial charge < -0.3 is 5.32 Å². The van der Waals surface area contributed by atoms with E-state index in [9.17, 15) is 14.9 Å². The summed E-state index contributed by atoms with van der Waals surface area (Å²) in [5.74, 6) is -0.619. The molecule has 0 fully saturated rings. The van der Waals surface area contributed by atoms with Crippen molar-refractivity contribution in [2.24, 2.45) is 7.05 Å². The number of hydrogen-bond donors (Lipinski definition) is 1. The topological polar surface area (TPSA) is 126 Å². The maximum atomic E-state index is 12.4. The van der Waals surface area contributed by atoms with E-state index in [1.54, 1.807) is 17.1 Å². The Kier molecular flexibility index (Phi) is 4.52. The van der Waals surface area contributed by atoms with Crippen LogP contribution in [0.1, 0.15) is 28.7 Å². The van der Waals surface area contributed by atoms with E-state index >= 15 is 0 Å². The number of hydrogen-bond acceptors (Lipinski definition) is 6. The van der Waals surface area contributed by atoms with Crippen molar-refractivity contribution in [1.29, 1.82) is 0 Å². The van der Waals surface area contributed by atoms with Crippen molar-refractivity contribution >= 4 is 17.3 Å². The second-order valence-electron chi connectivity index (χ2n) is 5.71. The van der Waals surface area contributed by atoms with Gasteiger partial charge in [0.05, 0.1) is 29.5 Å². The number of rotatable bonds is 6. The van der Waals surface area contributed by atoms with Gasteiger partial charge in [-0.3, -0.25) is 29.0 Å². The molecule has 136 valence electrons. The zero-order chi connectivity index (χ0) is 18.8. The molecule has 0 spiro atoms. The molecule has 11 nitrogen and oxygen atoms in total. The van der Waals surface area contributed by atoms with Crippen molar-refractivity contribution in [3.63, 3.8) is 0 Å². The number of carbonyl (C=O) groups excluding carboxylic acids is 1. The van der Waals surface area contributed by atoms with Crippen LogP contribution in [-0.4, -0.2) is 40.2 Å². The smallest absolute Gasteiger partial charge is 0.318 e. The van der Waals surface area contributed by atoms with Gasteiger partial charge in [-0.2, -0.15) is 15.3 Å². The summed E-state index contributed by atoms with van der Waals surface area (Å²) >= 11 is 0. The molecule has 11 heteroatoms. The maximum Gasteiger partial charge on any atom is 0.320 e. The fourth-order valence-corrected chi connectivity index (χ4v) is 2.66. The van der Waals surface area contributed by atoms with E-state index in [0.29, 0.717) is 12.2 Å². The van der Waals surface area contributed by atoms with Crippen LogP contribution in [0.4, 0.5) is 11.4 Å². The monoisotopic (exact) mass is 358 g/mol. The quantitative estimate of drug-likeness (QED) is 0.523. The second kappa shape index (κ2) is 6.78. The number of aromatic nitrogens is 6. The SMILES string of the molecule is CCn1ncc(Cn2cc(NC(=O)c3c([N+](=O)[O-])cnn3C)cn2)c1C. The van der Waals surface area contributed by atoms with Gasteiger partial charge in [-0.15, -0.1) is 0 Å². The van der Waals surface area contributed by atoms with Crippen LogP contribution >= 0.6 is 0 Å². The molecule has 0 saturated heterocycles. The maximum absolute atomic E-state index is 12.4. The second-order valence-corrected chi connectivity index (χ2v) is 5.71. The van der Waals surface area contributed by atoms with Gasteiger partial charge in [0.15, 0.2) is 0 Å². The number of nitro groups is 1. The summed E-state index contributed by atoms with van der Waals surface area (Å²) in [6, 6.07) is 0. The molecule has 0 atom stereocenters. The molecule has 0 aromatic carbocycles. The molecule has 3 aromatic heterocycles. The van der Waals surface area contributed by atoms with E-state index in [2.05, 4.69) is 20.6 Å². The van der Waals surface area contributed by atoms with Gasteiger partial charge in [-0.05, 0) is 13.8 Å². The van der Waals surface area contributed by atoms with Crippen molar-refractivity contribution in [2.75, 3.05) is 5.32 Å². The molecule has 0 aliphatic carbocycles. The molecule has 3 rings (SSSR count). The average Bonchev–Trinajstić information content (AvgIpc) is 3.28. The number of nitrogens with one attached hydrogen (secondary N) is 1. The van der Waals surface area contributed by atoms with E-state index < -0.39 is 10.8 Å². The van der Waals surface area contributed by atoms with Gasteiger partial charge in [0.25, 0.3) is 5.91 Å². The molecule has 3 heterocycles. The summed E-state index contributed by atoms with van der Waals surface area (Å²) in [7, 11) is 1.47. The van der Waals surface area contributed by atoms with Crippen LogP contribution in [0.2, 0.25) is 0 Å². The lowest BCUT2D eigenvalue weighted by Crippen LogP contribution is -2.17. The number of carbonyl (C=O) groups is 1. The Labute approximate surface area is 148 Å². The normalized spacial score (nSPS) is 10.9. The van der Waals surface area contributed by atoms with Crippen LogP contribution in [0.5, 0.6) is 0 Å². The first-order valence-electron chi connectivity index (χ1n) is 7.92. The average molecular weight is 358 g/mol. The number of anilines is 1. The Morgan fingerprint density at radius 1 is 1.27 bits per heavy atom. The Balaban J connectivity index is 1.74. The van der Waals surface area contributed by atoms with Gasteiger partial charge >= 0.3 is 5.69 Å². The predicted molar refractivity (Wildman–Crippen MR) is 91.8 cm³/mol. The first kappa shape index (κ1) is 17.3. The number of aryl methyl sites for hydroxylation is 2. The van der Waals surface area contributed by atoms with Crippen LogP contribution in [0, 0.1) is 17.0 Å². The van der Waals surface area contributed by atoms with Gasteiger partial charge in [0, 0.05) is 31.0 Å². The van der Waals surface area contributed by atoms with Gasteiger partial charge in [-0.25, -0.2) is 0 Å². The molecule has 0 unspecified atom stereocenters. The van der Waals surface area contributed by atoms with Crippen LogP contribution in [0.25, 0.3) is 0 Å². The molecule has 0 aliphatic rings. The van der Waals surface area contributed by atoms with Crippen LogP contribution in [0.3, 0.4) is 0 Å². The summed E-state index contributed by atoms with van der Waals surface area (Å²) in [5, 5.41) is 25.9. The highest BCUT2D eigenvalue weighted by molar-refractivity contribution is 6.05. The molecule has 0 aliphatic heterocycles. The zero-order valence-corrected chi connectivity index (χ0v) is 14.6. The van der Waals surface area contributed by atoms with Crippen LogP contribution in [0.15, 0.2) is 24.8 Å². The Morgan fingerprint density at radius 2 is 2.04 bits per heavy atom. The van der Waals surface area contributed by atoms with E-state index in [4.69, 9.17) is 0 Å². The molecule has 1 N–H and O–H groups in total. The molecule has 0 bridgehead atoms. The summed E-state index contributed by atoms with van der Waals surface area (Å²) in [4.78, 5) is 22.7. The first-order chi connectivity index (χ1) is 12.4. The third kappa shape index (κ3) is 3.18. The van der Waals surface area contributed by atoms with Crippen molar-refractivity contribution in [3.05, 3.63) is 51.9 Å². The molecule has 0 radical (unpaired) electrons. The van der Waals surface area contributed by atoms with Crippen molar-refractivity contribution in [1.82, 2.24) is 29.3 Å². The van der Waals surface area contributed by atoms with Crippen LogP contribution in [-0.2, 0) is 20.1 Å². The largest absolute Gasteiger partial charge is 0.320 e. The molecular formula is C15H18N8O3. The van der Waals surface area contributed by atoms with Gasteiger partial charge in [0.1, 0.15) is 6.20 Å². The fourth-order valence-electron chi connectivity index (χ4n) is 2.66. The third-order valence-corrected chi connectivity index (χ3v) is 4.06. The minimum atomic E-state index is -0.639. The van der Waals surface area contributed by atoms with E-state index in [-0.39, 0.29) is 11.4 Å². The third-order valence-electron chi connectivity index (χ3n) is 4.06. The molecule has 0 saturated carbocycles. The summed E-state index contributed by atoms with van der Waals surface area (Å²) in [6.07, 6.45) is 5.98. The lowest BCUT2D eigenvalue weighted by Gasteiger charge is -2.03. The Morgan fingerprint density at radius 3 is 2.69 bits per heavy atom. The molecule has 1 amide bonds. The number of amides is 1. The summed E-state index contributed by atoms with van der Waals surface area (Å²) < 4.78 is 4.72. The first-order valence-corrected chi connectivity index (χ1v) is 7.92. The Bertz CT molecular complexity index is 968. The summed E-state index contributed by atoms with van der Waals surface area (Å²) in [6.45, 7) is 5.30. The number of nitrogens with zero attached hydrogens (tertiary/aromatic N) is 7. The van der Waals surface area contributed by atoms with E-state index in [1.165, 1.54) is 17.9 Å². The lowest BCUT2D eigenvalue weighted by molar-refractivity contribution is -0.385. The molecule has 3 aromatic rings. The fraction of sp³-hybridized carbons (Fsp3) is 0.333. The highest BCUT2D eigenvalue weighted by atomic mass is 16.6.